The van der Waals surface area contributed by atoms with Gasteiger partial charge in [0.25, 0.3) is 0 Å². The fourth-order valence-electron chi connectivity index (χ4n) is 2.48. The number of fused-ring (bicyclic) bond motifs is 1. The number of aryl methyl sites for hydroxylation is 1. The fraction of sp³-hybridized carbons (Fsp3) is 0.250. The molecular formula is C16H17N3S. The van der Waals surface area contributed by atoms with E-state index in [2.05, 4.69) is 51.8 Å². The standard InChI is InChI=1S/C16H17N3S/c1-11-8-14-15(17-9-11)19(16(20)18-14)10-12(2)13-6-4-3-5-7-13/h3-9,12H,10H2,1-2H3,(H,18,20). The van der Waals surface area contributed by atoms with E-state index in [9.17, 15) is 0 Å². The minimum absolute atomic E-state index is 0.394. The Morgan fingerprint density at radius 2 is 2.05 bits per heavy atom. The molecule has 20 heavy (non-hydrogen) atoms. The molecule has 0 aliphatic rings. The fourth-order valence-corrected chi connectivity index (χ4v) is 2.75. The van der Waals surface area contributed by atoms with Crippen molar-refractivity contribution < 1.29 is 0 Å². The van der Waals surface area contributed by atoms with Crippen LogP contribution in [-0.4, -0.2) is 14.5 Å². The Morgan fingerprint density at radius 1 is 1.30 bits per heavy atom. The molecule has 4 heteroatoms. The Bertz CT molecular complexity index is 786. The van der Waals surface area contributed by atoms with Gasteiger partial charge in [0, 0.05) is 12.7 Å². The van der Waals surface area contributed by atoms with E-state index in [-0.39, 0.29) is 0 Å². The predicted molar refractivity (Wildman–Crippen MR) is 84.5 cm³/mol. The van der Waals surface area contributed by atoms with Crippen LogP contribution in [0, 0.1) is 11.7 Å². The van der Waals surface area contributed by atoms with Crippen molar-refractivity contribution in [1.82, 2.24) is 14.5 Å². The van der Waals surface area contributed by atoms with Crippen LogP contribution in [0.5, 0.6) is 0 Å². The first-order chi connectivity index (χ1) is 9.65. The quantitative estimate of drug-likeness (QED) is 0.731. The molecule has 3 nitrogen and oxygen atoms in total. The number of H-pyrrole nitrogens is 1. The maximum absolute atomic E-state index is 5.43. The minimum Gasteiger partial charge on any atom is -0.329 e. The van der Waals surface area contributed by atoms with Gasteiger partial charge in [-0.1, -0.05) is 37.3 Å². The van der Waals surface area contributed by atoms with Crippen molar-refractivity contribution in [3.8, 4) is 0 Å². The van der Waals surface area contributed by atoms with Crippen LogP contribution >= 0.6 is 12.2 Å². The summed E-state index contributed by atoms with van der Waals surface area (Å²) < 4.78 is 2.82. The molecule has 1 N–H and O–H groups in total. The summed E-state index contributed by atoms with van der Waals surface area (Å²) in [6.45, 7) is 5.08. The Morgan fingerprint density at radius 3 is 2.80 bits per heavy atom. The predicted octanol–water partition coefficient (Wildman–Crippen LogP) is 4.21. The number of pyridine rings is 1. The van der Waals surface area contributed by atoms with Crippen molar-refractivity contribution >= 4 is 23.4 Å². The SMILES string of the molecule is Cc1cnc2c(c1)[nH]c(=S)n2CC(C)c1ccccc1. The van der Waals surface area contributed by atoms with Gasteiger partial charge in [-0.25, -0.2) is 4.98 Å². The molecule has 3 rings (SSSR count). The van der Waals surface area contributed by atoms with Crippen LogP contribution < -0.4 is 0 Å². The molecule has 0 saturated carbocycles. The first-order valence-electron chi connectivity index (χ1n) is 6.75. The third-order valence-electron chi connectivity index (χ3n) is 3.57. The molecule has 0 bridgehead atoms. The number of imidazole rings is 1. The second-order valence-electron chi connectivity index (χ2n) is 5.24. The van der Waals surface area contributed by atoms with Crippen LogP contribution in [0.3, 0.4) is 0 Å². The summed E-state index contributed by atoms with van der Waals surface area (Å²) in [5, 5.41) is 0. The number of aromatic nitrogens is 3. The molecule has 1 atom stereocenters. The highest BCUT2D eigenvalue weighted by Crippen LogP contribution is 2.20. The zero-order valence-corrected chi connectivity index (χ0v) is 12.4. The average molecular weight is 283 g/mol. The zero-order valence-electron chi connectivity index (χ0n) is 11.6. The second kappa shape index (κ2) is 5.21. The van der Waals surface area contributed by atoms with E-state index in [0.29, 0.717) is 5.92 Å². The number of aromatic amines is 1. The molecule has 0 aliphatic carbocycles. The first kappa shape index (κ1) is 13.1. The maximum atomic E-state index is 5.43. The molecule has 0 saturated heterocycles. The molecule has 0 radical (unpaired) electrons. The van der Waals surface area contributed by atoms with Crippen LogP contribution in [0.15, 0.2) is 42.6 Å². The largest absolute Gasteiger partial charge is 0.329 e. The summed E-state index contributed by atoms with van der Waals surface area (Å²) in [6.07, 6.45) is 1.88. The molecule has 0 fully saturated rings. The third-order valence-corrected chi connectivity index (χ3v) is 3.89. The highest BCUT2D eigenvalue weighted by Gasteiger charge is 2.11. The molecule has 2 aromatic heterocycles. The van der Waals surface area contributed by atoms with Gasteiger partial charge in [-0.15, -0.1) is 0 Å². The second-order valence-corrected chi connectivity index (χ2v) is 5.62. The van der Waals surface area contributed by atoms with Gasteiger partial charge in [-0.3, -0.25) is 0 Å². The Labute approximate surface area is 123 Å². The molecule has 1 unspecified atom stereocenters. The zero-order chi connectivity index (χ0) is 14.1. The van der Waals surface area contributed by atoms with Crippen LogP contribution in [0.2, 0.25) is 0 Å². The lowest BCUT2D eigenvalue weighted by molar-refractivity contribution is 0.601. The van der Waals surface area contributed by atoms with E-state index in [1.807, 2.05) is 19.2 Å². The summed E-state index contributed by atoms with van der Waals surface area (Å²) in [5.41, 5.74) is 4.39. The van der Waals surface area contributed by atoms with Crippen LogP contribution in [0.4, 0.5) is 0 Å². The van der Waals surface area contributed by atoms with E-state index < -0.39 is 0 Å². The third kappa shape index (κ3) is 2.39. The molecule has 0 aliphatic heterocycles. The molecule has 2 heterocycles. The van der Waals surface area contributed by atoms with Gasteiger partial charge in [-0.05, 0) is 42.3 Å². The normalized spacial score (nSPS) is 12.7. The van der Waals surface area contributed by atoms with Crippen molar-refractivity contribution in [1.29, 1.82) is 0 Å². The minimum atomic E-state index is 0.394. The van der Waals surface area contributed by atoms with E-state index in [1.165, 1.54) is 5.56 Å². The lowest BCUT2D eigenvalue weighted by Crippen LogP contribution is -2.07. The number of hydrogen-bond donors (Lipinski definition) is 1. The highest BCUT2D eigenvalue weighted by molar-refractivity contribution is 7.71. The van der Waals surface area contributed by atoms with Crippen LogP contribution in [-0.2, 0) is 6.54 Å². The summed E-state index contributed by atoms with van der Waals surface area (Å²) in [6, 6.07) is 12.6. The van der Waals surface area contributed by atoms with Gasteiger partial charge >= 0.3 is 0 Å². The van der Waals surface area contributed by atoms with Crippen molar-refractivity contribution in [2.75, 3.05) is 0 Å². The summed E-state index contributed by atoms with van der Waals surface area (Å²) in [4.78, 5) is 7.75. The van der Waals surface area contributed by atoms with Crippen molar-refractivity contribution in [3.63, 3.8) is 0 Å². The summed E-state index contributed by atoms with van der Waals surface area (Å²) >= 11 is 5.43. The van der Waals surface area contributed by atoms with Gasteiger partial charge in [0.2, 0.25) is 0 Å². The molecular weight excluding hydrogens is 266 g/mol. The molecule has 0 spiro atoms. The Kier molecular flexibility index (Phi) is 3.40. The van der Waals surface area contributed by atoms with E-state index in [0.717, 1.165) is 28.0 Å². The van der Waals surface area contributed by atoms with Crippen LogP contribution in [0.1, 0.15) is 24.0 Å². The van der Waals surface area contributed by atoms with Gasteiger partial charge in [0.05, 0.1) is 5.52 Å². The summed E-state index contributed by atoms with van der Waals surface area (Å²) in [7, 11) is 0. The number of nitrogens with one attached hydrogen (secondary N) is 1. The monoisotopic (exact) mass is 283 g/mol. The Balaban J connectivity index is 1.99. The van der Waals surface area contributed by atoms with Crippen LogP contribution in [0.25, 0.3) is 11.2 Å². The molecule has 0 amide bonds. The van der Waals surface area contributed by atoms with Gasteiger partial charge in [-0.2, -0.15) is 0 Å². The lowest BCUT2D eigenvalue weighted by Gasteiger charge is -2.13. The molecule has 102 valence electrons. The topological polar surface area (TPSA) is 33.6 Å². The number of nitrogens with zero attached hydrogens (tertiary/aromatic N) is 2. The van der Waals surface area contributed by atoms with Crippen molar-refractivity contribution in [3.05, 3.63) is 58.5 Å². The smallest absolute Gasteiger partial charge is 0.179 e. The number of hydrogen-bond acceptors (Lipinski definition) is 2. The van der Waals surface area contributed by atoms with Crippen molar-refractivity contribution in [2.24, 2.45) is 0 Å². The first-order valence-corrected chi connectivity index (χ1v) is 7.16. The van der Waals surface area contributed by atoms with E-state index >= 15 is 0 Å². The Hall–Kier alpha value is -1.94. The molecule has 1 aromatic carbocycles. The number of rotatable bonds is 3. The van der Waals surface area contributed by atoms with Crippen molar-refractivity contribution in [2.45, 2.75) is 26.3 Å². The average Bonchev–Trinajstić information content (AvgIpc) is 2.75. The van der Waals surface area contributed by atoms with Gasteiger partial charge in [0.15, 0.2) is 10.4 Å². The maximum Gasteiger partial charge on any atom is 0.179 e. The van der Waals surface area contributed by atoms with Gasteiger partial charge in [0.1, 0.15) is 0 Å². The van der Waals surface area contributed by atoms with E-state index in [4.69, 9.17) is 12.2 Å². The number of benzene rings is 1. The summed E-state index contributed by atoms with van der Waals surface area (Å²) in [5.74, 6) is 0.394. The lowest BCUT2D eigenvalue weighted by atomic mass is 10.0. The molecule has 3 aromatic rings. The van der Waals surface area contributed by atoms with Gasteiger partial charge < -0.3 is 9.55 Å². The highest BCUT2D eigenvalue weighted by atomic mass is 32.1. The van der Waals surface area contributed by atoms with E-state index in [1.54, 1.807) is 0 Å².